The Kier molecular flexibility index (Phi) is 6.49. The van der Waals surface area contributed by atoms with Crippen LogP contribution in [0.1, 0.15) is 51.9 Å². The number of hydrogen-bond acceptors (Lipinski definition) is 3. The van der Waals surface area contributed by atoms with E-state index in [1.807, 2.05) is 16.7 Å². The van der Waals surface area contributed by atoms with Crippen molar-refractivity contribution in [3.63, 3.8) is 0 Å². The van der Waals surface area contributed by atoms with Crippen LogP contribution < -0.4 is 0 Å². The molecule has 0 N–H and O–H groups in total. The summed E-state index contributed by atoms with van der Waals surface area (Å²) in [5, 5.41) is 0. The van der Waals surface area contributed by atoms with Crippen LogP contribution in [0.25, 0.3) is 0 Å². The summed E-state index contributed by atoms with van der Waals surface area (Å²) in [6.45, 7) is 4.88. The highest BCUT2D eigenvalue weighted by atomic mass is 16.5. The number of ether oxygens (including phenoxy) is 1. The topological polar surface area (TPSA) is 49.9 Å². The van der Waals surface area contributed by atoms with Gasteiger partial charge in [0.25, 0.3) is 0 Å². The lowest BCUT2D eigenvalue weighted by atomic mass is 9.98. The number of rotatable bonds is 4. The first-order chi connectivity index (χ1) is 10.2. The van der Waals surface area contributed by atoms with Crippen LogP contribution in [0.4, 0.5) is 0 Å². The molecule has 2 fully saturated rings. The summed E-state index contributed by atoms with van der Waals surface area (Å²) in [6.07, 6.45) is 7.58. The third kappa shape index (κ3) is 4.99. The first-order valence-corrected chi connectivity index (χ1v) is 8.38. The van der Waals surface area contributed by atoms with Crippen LogP contribution >= 0.6 is 0 Å². The predicted octanol–water partition coefficient (Wildman–Crippen LogP) is 1.81. The average Bonchev–Trinajstić information content (AvgIpc) is 2.79. The Morgan fingerprint density at radius 1 is 0.905 bits per heavy atom. The second-order valence-corrected chi connectivity index (χ2v) is 6.04. The Morgan fingerprint density at radius 3 is 2.14 bits per heavy atom. The van der Waals surface area contributed by atoms with Gasteiger partial charge in [0.05, 0.1) is 6.10 Å². The van der Waals surface area contributed by atoms with E-state index in [1.165, 1.54) is 19.3 Å². The molecule has 0 radical (unpaired) electrons. The largest absolute Gasteiger partial charge is 0.368 e. The van der Waals surface area contributed by atoms with E-state index in [1.54, 1.807) is 0 Å². The van der Waals surface area contributed by atoms with E-state index in [9.17, 15) is 9.59 Å². The molecule has 0 unspecified atom stereocenters. The van der Waals surface area contributed by atoms with Crippen molar-refractivity contribution in [2.24, 2.45) is 0 Å². The van der Waals surface area contributed by atoms with Gasteiger partial charge in [0.15, 0.2) is 0 Å². The zero-order valence-corrected chi connectivity index (χ0v) is 13.2. The van der Waals surface area contributed by atoms with Crippen molar-refractivity contribution in [3.05, 3.63) is 0 Å². The Balaban J connectivity index is 1.73. The van der Waals surface area contributed by atoms with Crippen molar-refractivity contribution >= 4 is 11.8 Å². The van der Waals surface area contributed by atoms with E-state index in [0.717, 1.165) is 32.4 Å². The lowest BCUT2D eigenvalue weighted by molar-refractivity contribution is -0.139. The quantitative estimate of drug-likeness (QED) is 0.795. The first-order valence-electron chi connectivity index (χ1n) is 8.38. The van der Waals surface area contributed by atoms with Gasteiger partial charge in [0.2, 0.25) is 11.8 Å². The molecule has 120 valence electrons. The molecule has 21 heavy (non-hydrogen) atoms. The highest BCUT2D eigenvalue weighted by Crippen LogP contribution is 2.20. The molecule has 1 aliphatic carbocycles. The monoisotopic (exact) mass is 296 g/mol. The smallest absolute Gasteiger partial charge is 0.248 e. The first kappa shape index (κ1) is 16.3. The fourth-order valence-electron chi connectivity index (χ4n) is 3.15. The van der Waals surface area contributed by atoms with Gasteiger partial charge in [-0.1, -0.05) is 26.2 Å². The molecule has 1 aliphatic heterocycles. The lowest BCUT2D eigenvalue weighted by Gasteiger charge is -2.25. The molecular weight excluding hydrogens is 268 g/mol. The SMILES string of the molecule is CCC(=O)N1CCCN(C(=O)COC2CCCCC2)CC1. The third-order valence-corrected chi connectivity index (χ3v) is 4.50. The molecule has 0 atom stereocenters. The van der Waals surface area contributed by atoms with E-state index in [-0.39, 0.29) is 24.5 Å². The van der Waals surface area contributed by atoms with Gasteiger partial charge in [-0.15, -0.1) is 0 Å². The minimum atomic E-state index is 0.0753. The molecule has 1 saturated heterocycles. The number of carbonyl (C=O) groups excluding carboxylic acids is 2. The minimum Gasteiger partial charge on any atom is -0.368 e. The summed E-state index contributed by atoms with van der Waals surface area (Å²) < 4.78 is 5.76. The van der Waals surface area contributed by atoms with Gasteiger partial charge in [0, 0.05) is 32.6 Å². The van der Waals surface area contributed by atoms with Crippen LogP contribution in [0.15, 0.2) is 0 Å². The zero-order chi connectivity index (χ0) is 15.1. The molecule has 0 bridgehead atoms. The second-order valence-electron chi connectivity index (χ2n) is 6.04. The zero-order valence-electron chi connectivity index (χ0n) is 13.2. The van der Waals surface area contributed by atoms with Gasteiger partial charge in [-0.05, 0) is 19.3 Å². The number of carbonyl (C=O) groups is 2. The lowest BCUT2D eigenvalue weighted by Crippen LogP contribution is -2.39. The summed E-state index contributed by atoms with van der Waals surface area (Å²) >= 11 is 0. The maximum Gasteiger partial charge on any atom is 0.248 e. The van der Waals surface area contributed by atoms with Crippen LogP contribution in [-0.2, 0) is 14.3 Å². The van der Waals surface area contributed by atoms with Crippen molar-refractivity contribution in [2.45, 2.75) is 58.0 Å². The van der Waals surface area contributed by atoms with E-state index in [2.05, 4.69) is 0 Å². The number of amides is 2. The Labute approximate surface area is 127 Å². The van der Waals surface area contributed by atoms with Crippen LogP contribution in [0.3, 0.4) is 0 Å². The summed E-state index contributed by atoms with van der Waals surface area (Å²) in [5.41, 5.74) is 0. The van der Waals surface area contributed by atoms with Crippen molar-refractivity contribution in [1.29, 1.82) is 0 Å². The van der Waals surface area contributed by atoms with Crippen LogP contribution in [0, 0.1) is 0 Å². The van der Waals surface area contributed by atoms with E-state index >= 15 is 0 Å². The summed E-state index contributed by atoms with van der Waals surface area (Å²) in [7, 11) is 0. The van der Waals surface area contributed by atoms with Crippen molar-refractivity contribution < 1.29 is 14.3 Å². The molecule has 2 amide bonds. The van der Waals surface area contributed by atoms with Crippen LogP contribution in [0.5, 0.6) is 0 Å². The minimum absolute atomic E-state index is 0.0753. The molecule has 1 saturated carbocycles. The van der Waals surface area contributed by atoms with Gasteiger partial charge >= 0.3 is 0 Å². The number of nitrogens with zero attached hydrogens (tertiary/aromatic N) is 2. The predicted molar refractivity (Wildman–Crippen MR) is 80.9 cm³/mol. The summed E-state index contributed by atoms with van der Waals surface area (Å²) in [5.74, 6) is 0.258. The molecule has 0 aromatic carbocycles. The van der Waals surface area contributed by atoms with Crippen molar-refractivity contribution in [1.82, 2.24) is 9.80 Å². The second kappa shape index (κ2) is 8.37. The fraction of sp³-hybridized carbons (Fsp3) is 0.875. The molecule has 5 nitrogen and oxygen atoms in total. The van der Waals surface area contributed by atoms with Crippen LogP contribution in [0.2, 0.25) is 0 Å². The van der Waals surface area contributed by atoms with Gasteiger partial charge < -0.3 is 14.5 Å². The molecule has 0 aromatic heterocycles. The van der Waals surface area contributed by atoms with E-state index in [0.29, 0.717) is 19.5 Å². The van der Waals surface area contributed by atoms with E-state index < -0.39 is 0 Å². The Morgan fingerprint density at radius 2 is 1.52 bits per heavy atom. The van der Waals surface area contributed by atoms with Gasteiger partial charge in [-0.25, -0.2) is 0 Å². The van der Waals surface area contributed by atoms with Gasteiger partial charge in [-0.3, -0.25) is 9.59 Å². The van der Waals surface area contributed by atoms with Gasteiger partial charge in [-0.2, -0.15) is 0 Å². The van der Waals surface area contributed by atoms with E-state index in [4.69, 9.17) is 4.74 Å². The standard InChI is InChI=1S/C16H28N2O3/c1-2-15(19)17-9-6-10-18(12-11-17)16(20)13-21-14-7-4-3-5-8-14/h14H,2-13H2,1H3. The number of hydrogen-bond donors (Lipinski definition) is 0. The Bertz CT molecular complexity index is 353. The normalized spacial score (nSPS) is 21.2. The molecule has 1 heterocycles. The molecule has 2 aliphatic rings. The molecule has 5 heteroatoms. The fourth-order valence-corrected chi connectivity index (χ4v) is 3.15. The van der Waals surface area contributed by atoms with Crippen LogP contribution in [-0.4, -0.2) is 60.5 Å². The molecule has 2 rings (SSSR count). The maximum absolute atomic E-state index is 12.2. The summed E-state index contributed by atoms with van der Waals surface area (Å²) in [4.78, 5) is 27.7. The third-order valence-electron chi connectivity index (χ3n) is 4.50. The highest BCUT2D eigenvalue weighted by molar-refractivity contribution is 5.78. The molecule has 0 spiro atoms. The summed E-state index contributed by atoms with van der Waals surface area (Å²) in [6, 6.07) is 0. The van der Waals surface area contributed by atoms with Crippen molar-refractivity contribution in [3.8, 4) is 0 Å². The molecule has 0 aromatic rings. The maximum atomic E-state index is 12.2. The Hall–Kier alpha value is -1.10. The molecular formula is C16H28N2O3. The van der Waals surface area contributed by atoms with Gasteiger partial charge in [0.1, 0.15) is 6.61 Å². The average molecular weight is 296 g/mol. The van der Waals surface area contributed by atoms with Crippen molar-refractivity contribution in [2.75, 3.05) is 32.8 Å². The highest BCUT2D eigenvalue weighted by Gasteiger charge is 2.22.